The molecule has 5 rings (SSSR count). The highest BCUT2D eigenvalue weighted by atomic mass is 16.7. The summed E-state index contributed by atoms with van der Waals surface area (Å²) in [5.74, 6) is 0.792. The molecule has 5 aliphatic rings. The summed E-state index contributed by atoms with van der Waals surface area (Å²) in [5, 5.41) is 64.8. The Morgan fingerprint density at radius 2 is 1.55 bits per heavy atom. The molecule has 0 amide bonds. The molecule has 1 aliphatic heterocycles. The van der Waals surface area contributed by atoms with Crippen LogP contribution in [-0.2, 0) is 9.47 Å². The lowest BCUT2D eigenvalue weighted by atomic mass is 9.35. The summed E-state index contributed by atoms with van der Waals surface area (Å²) in [4.78, 5) is 0. The highest BCUT2D eigenvalue weighted by Crippen LogP contribution is 2.76. The van der Waals surface area contributed by atoms with Gasteiger partial charge in [-0.25, -0.2) is 0 Å². The van der Waals surface area contributed by atoms with Gasteiger partial charge in [-0.05, 0) is 124 Å². The Kier molecular flexibility index (Phi) is 9.35. The number of ether oxygens (including phenoxy) is 2. The summed E-state index contributed by atoms with van der Waals surface area (Å²) in [5.41, 5.74) is 0.122. The first-order valence-electron chi connectivity index (χ1n) is 17.3. The van der Waals surface area contributed by atoms with Gasteiger partial charge in [-0.2, -0.15) is 0 Å². The van der Waals surface area contributed by atoms with E-state index < -0.39 is 49.0 Å². The molecule has 4 saturated carbocycles. The number of hydrogen-bond acceptors (Lipinski definition) is 8. The molecule has 0 aromatic carbocycles. The Bertz CT molecular complexity index is 1070. The van der Waals surface area contributed by atoms with E-state index in [0.29, 0.717) is 18.3 Å². The number of rotatable bonds is 7. The van der Waals surface area contributed by atoms with Crippen LogP contribution in [0.1, 0.15) is 113 Å². The van der Waals surface area contributed by atoms with E-state index in [1.54, 1.807) is 0 Å². The summed E-state index contributed by atoms with van der Waals surface area (Å²) >= 11 is 0. The van der Waals surface area contributed by atoms with E-state index in [4.69, 9.17) is 9.47 Å². The minimum Gasteiger partial charge on any atom is -0.394 e. The topological polar surface area (TPSA) is 140 Å². The van der Waals surface area contributed by atoms with Crippen LogP contribution in [0, 0.1) is 45.3 Å². The molecule has 0 spiro atoms. The first kappa shape index (κ1) is 34.7. The van der Waals surface area contributed by atoms with Crippen LogP contribution in [0.3, 0.4) is 0 Å². The molecule has 6 N–H and O–H groups in total. The molecule has 4 aliphatic carbocycles. The second-order valence-electron chi connectivity index (χ2n) is 17.3. The average Bonchev–Trinajstić information content (AvgIpc) is 3.32. The number of hydrogen-bond donors (Lipinski definition) is 6. The van der Waals surface area contributed by atoms with E-state index in [1.165, 1.54) is 5.57 Å². The van der Waals surface area contributed by atoms with Gasteiger partial charge in [-0.3, -0.25) is 0 Å². The van der Waals surface area contributed by atoms with Gasteiger partial charge in [0.25, 0.3) is 0 Å². The Morgan fingerprint density at radius 3 is 2.18 bits per heavy atom. The van der Waals surface area contributed by atoms with Gasteiger partial charge in [-0.1, -0.05) is 46.3 Å². The molecular weight excluding hydrogens is 560 g/mol. The fourth-order valence-electron chi connectivity index (χ4n) is 11.9. The van der Waals surface area contributed by atoms with Crippen molar-refractivity contribution >= 4 is 0 Å². The summed E-state index contributed by atoms with van der Waals surface area (Å²) in [6, 6.07) is 0. The second kappa shape index (κ2) is 11.8. The van der Waals surface area contributed by atoms with Gasteiger partial charge < -0.3 is 40.1 Å². The first-order chi connectivity index (χ1) is 20.3. The SMILES string of the molecule is CC(C)=CCC[C@](C)(O)C1CC[C@]2(C)C1[C@H](O)CC1[C@@]3(C)CCC(O[C@@H]4O[C@H](CO)[C@@H](O)[C@H](O)[C@H]4O)C(C)(C)C3CC[C@]12C. The van der Waals surface area contributed by atoms with Crippen molar-refractivity contribution in [2.24, 2.45) is 45.3 Å². The largest absolute Gasteiger partial charge is 0.394 e. The van der Waals surface area contributed by atoms with Gasteiger partial charge in [0.15, 0.2) is 6.29 Å². The smallest absolute Gasteiger partial charge is 0.186 e. The standard InChI is InChI=1S/C36H62O8/c1-20(2)10-9-14-36(8,42)21-11-16-35(7)27(21)22(38)18-25-33(5)15-13-26(32(3,4)24(33)12-17-34(25,35)6)44-31-30(41)29(40)28(39)23(19-37)43-31/h10,21-31,37-42H,9,11-19H2,1-8H3/t21?,22-,23-,24?,25?,26?,27?,28-,29+,30-,31+,33+,34-,35-,36+/m1/s1. The van der Waals surface area contributed by atoms with Crippen LogP contribution >= 0.6 is 0 Å². The van der Waals surface area contributed by atoms with Crippen LogP contribution in [0.2, 0.25) is 0 Å². The fraction of sp³-hybridized carbons (Fsp3) is 0.944. The van der Waals surface area contributed by atoms with Gasteiger partial charge in [-0.15, -0.1) is 0 Å². The van der Waals surface area contributed by atoms with Crippen molar-refractivity contribution in [1.82, 2.24) is 0 Å². The van der Waals surface area contributed by atoms with Crippen molar-refractivity contribution in [1.29, 1.82) is 0 Å². The van der Waals surface area contributed by atoms with Crippen molar-refractivity contribution in [3.8, 4) is 0 Å². The summed E-state index contributed by atoms with van der Waals surface area (Å²) < 4.78 is 12.2. The number of aliphatic hydroxyl groups is 6. The molecule has 0 bridgehead atoms. The van der Waals surface area contributed by atoms with Crippen LogP contribution in [0.5, 0.6) is 0 Å². The zero-order chi connectivity index (χ0) is 32.6. The number of aliphatic hydroxyl groups excluding tert-OH is 5. The molecule has 5 unspecified atom stereocenters. The first-order valence-corrected chi connectivity index (χ1v) is 17.3. The molecule has 15 atom stereocenters. The highest BCUT2D eigenvalue weighted by Gasteiger charge is 2.71. The van der Waals surface area contributed by atoms with Gasteiger partial charge in [0, 0.05) is 0 Å². The van der Waals surface area contributed by atoms with E-state index in [1.807, 2.05) is 6.92 Å². The molecule has 1 saturated heterocycles. The van der Waals surface area contributed by atoms with Crippen LogP contribution in [-0.4, -0.2) is 85.8 Å². The third kappa shape index (κ3) is 5.26. The van der Waals surface area contributed by atoms with Crippen LogP contribution in [0.15, 0.2) is 11.6 Å². The van der Waals surface area contributed by atoms with E-state index in [0.717, 1.165) is 51.4 Å². The number of fused-ring (bicyclic) bond motifs is 5. The molecular formula is C36H62O8. The van der Waals surface area contributed by atoms with Crippen LogP contribution < -0.4 is 0 Å². The monoisotopic (exact) mass is 622 g/mol. The van der Waals surface area contributed by atoms with Crippen LogP contribution in [0.25, 0.3) is 0 Å². The van der Waals surface area contributed by atoms with E-state index in [9.17, 15) is 30.6 Å². The maximum absolute atomic E-state index is 12.0. The van der Waals surface area contributed by atoms with Gasteiger partial charge in [0.1, 0.15) is 24.4 Å². The zero-order valence-corrected chi connectivity index (χ0v) is 28.5. The lowest BCUT2D eigenvalue weighted by molar-refractivity contribution is -0.332. The van der Waals surface area contributed by atoms with Crippen LogP contribution in [0.4, 0.5) is 0 Å². The Morgan fingerprint density at radius 1 is 0.886 bits per heavy atom. The lowest BCUT2D eigenvalue weighted by Crippen LogP contribution is -2.67. The van der Waals surface area contributed by atoms with E-state index in [2.05, 4.69) is 54.5 Å². The molecule has 44 heavy (non-hydrogen) atoms. The maximum atomic E-state index is 12.0. The Balaban J connectivity index is 1.37. The summed E-state index contributed by atoms with van der Waals surface area (Å²) in [6.45, 7) is 17.5. The van der Waals surface area contributed by atoms with Gasteiger partial charge in [0.05, 0.1) is 24.4 Å². The van der Waals surface area contributed by atoms with Crippen molar-refractivity contribution in [3.05, 3.63) is 11.6 Å². The van der Waals surface area contributed by atoms with Crippen molar-refractivity contribution in [2.45, 2.75) is 162 Å². The Hall–Kier alpha value is -0.580. The highest BCUT2D eigenvalue weighted by molar-refractivity contribution is 5.20. The van der Waals surface area contributed by atoms with Crippen molar-refractivity contribution < 1.29 is 40.1 Å². The van der Waals surface area contributed by atoms with Crippen molar-refractivity contribution in [3.63, 3.8) is 0 Å². The third-order valence-corrected chi connectivity index (χ3v) is 14.5. The zero-order valence-electron chi connectivity index (χ0n) is 28.5. The second-order valence-corrected chi connectivity index (χ2v) is 17.3. The molecule has 254 valence electrons. The predicted octanol–water partition coefficient (Wildman–Crippen LogP) is 4.32. The quantitative estimate of drug-likeness (QED) is 0.182. The molecule has 8 heteroatoms. The van der Waals surface area contributed by atoms with Gasteiger partial charge in [0.2, 0.25) is 0 Å². The predicted molar refractivity (Wildman–Crippen MR) is 168 cm³/mol. The third-order valence-electron chi connectivity index (χ3n) is 14.5. The maximum Gasteiger partial charge on any atom is 0.186 e. The molecule has 5 fully saturated rings. The summed E-state index contributed by atoms with van der Waals surface area (Å²) in [6.07, 6.45) is 3.15. The molecule has 8 nitrogen and oxygen atoms in total. The molecule has 0 radical (unpaired) electrons. The van der Waals surface area contributed by atoms with Gasteiger partial charge >= 0.3 is 0 Å². The molecule has 1 heterocycles. The van der Waals surface area contributed by atoms with E-state index in [-0.39, 0.29) is 39.6 Å². The lowest BCUT2D eigenvalue weighted by Gasteiger charge is -2.70. The Labute approximate surface area is 265 Å². The van der Waals surface area contributed by atoms with E-state index >= 15 is 0 Å². The average molecular weight is 623 g/mol. The fourth-order valence-corrected chi connectivity index (χ4v) is 11.9. The number of allylic oxidation sites excluding steroid dienone is 2. The molecule has 0 aromatic heterocycles. The molecule has 0 aromatic rings. The van der Waals surface area contributed by atoms with Crippen molar-refractivity contribution in [2.75, 3.05) is 6.61 Å². The normalized spacial score (nSPS) is 51.5. The summed E-state index contributed by atoms with van der Waals surface area (Å²) in [7, 11) is 0. The minimum absolute atomic E-state index is 0.0231. The minimum atomic E-state index is -1.46.